The van der Waals surface area contributed by atoms with Crippen LogP contribution in [0.15, 0.2) is 42.3 Å². The van der Waals surface area contributed by atoms with Crippen molar-refractivity contribution < 1.29 is 0 Å². The van der Waals surface area contributed by atoms with Gasteiger partial charge < -0.3 is 0 Å². The Morgan fingerprint density at radius 1 is 1.43 bits per heavy atom. The number of fused-ring (bicyclic) bond motifs is 1. The fraction of sp³-hybridized carbons (Fsp3) is 0.308. The maximum atomic E-state index is 4.15. The van der Waals surface area contributed by atoms with Gasteiger partial charge in [-0.25, -0.2) is 0 Å². The second-order valence-electron chi connectivity index (χ2n) is 4.26. The third kappa shape index (κ3) is 1.20. The zero-order valence-electron chi connectivity index (χ0n) is 8.27. The van der Waals surface area contributed by atoms with Crippen molar-refractivity contribution in [3.63, 3.8) is 0 Å². The van der Waals surface area contributed by atoms with Crippen LogP contribution in [0.3, 0.4) is 0 Å². The minimum Gasteiger partial charge on any atom is -0.264 e. The third-order valence-electron chi connectivity index (χ3n) is 3.20. The van der Waals surface area contributed by atoms with Crippen molar-refractivity contribution in [2.75, 3.05) is 0 Å². The highest BCUT2D eigenvalue weighted by atomic mass is 14.6. The average molecular weight is 183 g/mol. The molecule has 0 spiro atoms. The molecule has 0 N–H and O–H groups in total. The molecule has 1 aromatic rings. The van der Waals surface area contributed by atoms with Gasteiger partial charge in [0.2, 0.25) is 0 Å². The molecule has 2 unspecified atom stereocenters. The van der Waals surface area contributed by atoms with E-state index in [0.717, 1.165) is 11.8 Å². The Hall–Kier alpha value is -1.37. The predicted octanol–water partition coefficient (Wildman–Crippen LogP) is 3.06. The van der Waals surface area contributed by atoms with Gasteiger partial charge in [-0.2, -0.15) is 0 Å². The zero-order chi connectivity index (χ0) is 9.54. The van der Waals surface area contributed by atoms with Crippen molar-refractivity contribution >= 4 is 5.57 Å². The normalized spacial score (nSPS) is 28.9. The molecule has 1 aromatic heterocycles. The van der Waals surface area contributed by atoms with Crippen LogP contribution in [0, 0.1) is 11.8 Å². The van der Waals surface area contributed by atoms with E-state index in [4.69, 9.17) is 0 Å². The molecule has 2 aliphatic rings. The predicted molar refractivity (Wildman–Crippen MR) is 57.6 cm³/mol. The summed E-state index contributed by atoms with van der Waals surface area (Å²) < 4.78 is 0. The minimum atomic E-state index is 0.815. The topological polar surface area (TPSA) is 12.9 Å². The van der Waals surface area contributed by atoms with E-state index in [1.54, 1.807) is 0 Å². The van der Waals surface area contributed by atoms with E-state index in [9.17, 15) is 0 Å². The number of allylic oxidation sites excluding steroid dienone is 4. The Bertz CT molecular complexity index is 414. The SMILES string of the molecule is CC1=CC(c2cccnc2)=CC2CC12. The number of aromatic nitrogens is 1. The van der Waals surface area contributed by atoms with E-state index in [1.807, 2.05) is 18.5 Å². The van der Waals surface area contributed by atoms with Gasteiger partial charge in [0.25, 0.3) is 0 Å². The van der Waals surface area contributed by atoms with Gasteiger partial charge in [-0.15, -0.1) is 0 Å². The molecule has 0 bridgehead atoms. The van der Waals surface area contributed by atoms with Gasteiger partial charge in [0.05, 0.1) is 0 Å². The summed E-state index contributed by atoms with van der Waals surface area (Å²) in [5, 5.41) is 0. The van der Waals surface area contributed by atoms with Crippen LogP contribution in [0.25, 0.3) is 5.57 Å². The van der Waals surface area contributed by atoms with E-state index in [1.165, 1.54) is 23.1 Å². The van der Waals surface area contributed by atoms with Crippen LogP contribution in [0.1, 0.15) is 18.9 Å². The van der Waals surface area contributed by atoms with Crippen molar-refractivity contribution in [3.8, 4) is 0 Å². The molecular formula is C13H13N. The van der Waals surface area contributed by atoms with Crippen LogP contribution in [0.5, 0.6) is 0 Å². The highest BCUT2D eigenvalue weighted by molar-refractivity contribution is 5.76. The lowest BCUT2D eigenvalue weighted by Gasteiger charge is -2.09. The molecule has 1 heteroatoms. The zero-order valence-corrected chi connectivity index (χ0v) is 8.27. The van der Waals surface area contributed by atoms with Crippen LogP contribution < -0.4 is 0 Å². The van der Waals surface area contributed by atoms with Gasteiger partial charge in [0.15, 0.2) is 0 Å². The van der Waals surface area contributed by atoms with Crippen molar-refractivity contribution in [1.82, 2.24) is 4.98 Å². The molecule has 1 fully saturated rings. The summed E-state index contributed by atoms with van der Waals surface area (Å²) in [6.45, 7) is 2.24. The lowest BCUT2D eigenvalue weighted by Crippen LogP contribution is -1.93. The summed E-state index contributed by atoms with van der Waals surface area (Å²) in [4.78, 5) is 4.15. The highest BCUT2D eigenvalue weighted by Crippen LogP contribution is 2.49. The molecule has 1 heterocycles. The van der Waals surface area contributed by atoms with Crippen molar-refractivity contribution in [2.24, 2.45) is 11.8 Å². The first-order valence-corrected chi connectivity index (χ1v) is 5.15. The second-order valence-corrected chi connectivity index (χ2v) is 4.26. The maximum absolute atomic E-state index is 4.15. The number of nitrogens with zero attached hydrogens (tertiary/aromatic N) is 1. The van der Waals surface area contributed by atoms with Gasteiger partial charge >= 0.3 is 0 Å². The fourth-order valence-electron chi connectivity index (χ4n) is 2.27. The van der Waals surface area contributed by atoms with Gasteiger partial charge in [0, 0.05) is 12.4 Å². The largest absolute Gasteiger partial charge is 0.264 e. The summed E-state index contributed by atoms with van der Waals surface area (Å²) >= 11 is 0. The molecule has 0 aliphatic heterocycles. The first kappa shape index (κ1) is 7.98. The van der Waals surface area contributed by atoms with Gasteiger partial charge in [-0.05, 0) is 42.4 Å². The highest BCUT2D eigenvalue weighted by Gasteiger charge is 2.38. The molecule has 70 valence electrons. The van der Waals surface area contributed by atoms with Crippen LogP contribution >= 0.6 is 0 Å². The smallest absolute Gasteiger partial charge is 0.0346 e. The number of hydrogen-bond acceptors (Lipinski definition) is 1. The maximum Gasteiger partial charge on any atom is 0.0346 e. The molecule has 1 saturated carbocycles. The summed E-state index contributed by atoms with van der Waals surface area (Å²) in [6.07, 6.45) is 9.83. The summed E-state index contributed by atoms with van der Waals surface area (Å²) in [5.41, 5.74) is 4.14. The monoisotopic (exact) mass is 183 g/mol. The molecule has 0 amide bonds. The second kappa shape index (κ2) is 2.81. The van der Waals surface area contributed by atoms with E-state index in [-0.39, 0.29) is 0 Å². The summed E-state index contributed by atoms with van der Waals surface area (Å²) in [7, 11) is 0. The molecule has 0 aromatic carbocycles. The molecular weight excluding hydrogens is 170 g/mol. The van der Waals surface area contributed by atoms with Crippen LogP contribution in [0.4, 0.5) is 0 Å². The summed E-state index contributed by atoms with van der Waals surface area (Å²) in [6, 6.07) is 4.13. The number of rotatable bonds is 1. The first-order valence-electron chi connectivity index (χ1n) is 5.15. The Morgan fingerprint density at radius 3 is 3.07 bits per heavy atom. The first-order chi connectivity index (χ1) is 6.84. The van der Waals surface area contributed by atoms with E-state index in [2.05, 4.69) is 30.1 Å². The Kier molecular flexibility index (Phi) is 1.60. The molecule has 0 saturated heterocycles. The van der Waals surface area contributed by atoms with Crippen LogP contribution in [-0.4, -0.2) is 4.98 Å². The van der Waals surface area contributed by atoms with Gasteiger partial charge in [-0.3, -0.25) is 4.98 Å². The van der Waals surface area contributed by atoms with E-state index >= 15 is 0 Å². The van der Waals surface area contributed by atoms with E-state index in [0.29, 0.717) is 0 Å². The molecule has 2 aliphatic carbocycles. The molecule has 0 radical (unpaired) electrons. The fourth-order valence-corrected chi connectivity index (χ4v) is 2.27. The number of pyridine rings is 1. The van der Waals surface area contributed by atoms with Gasteiger partial charge in [0.1, 0.15) is 0 Å². The lowest BCUT2D eigenvalue weighted by atomic mass is 9.96. The lowest BCUT2D eigenvalue weighted by molar-refractivity contribution is 0.913. The molecule has 2 atom stereocenters. The quantitative estimate of drug-likeness (QED) is 0.652. The van der Waals surface area contributed by atoms with Crippen molar-refractivity contribution in [2.45, 2.75) is 13.3 Å². The number of hydrogen-bond donors (Lipinski definition) is 0. The van der Waals surface area contributed by atoms with Crippen LogP contribution in [0.2, 0.25) is 0 Å². The van der Waals surface area contributed by atoms with Crippen LogP contribution in [-0.2, 0) is 0 Å². The Labute approximate surface area is 84.2 Å². The van der Waals surface area contributed by atoms with Crippen molar-refractivity contribution in [3.05, 3.63) is 47.8 Å². The Morgan fingerprint density at radius 2 is 2.36 bits per heavy atom. The van der Waals surface area contributed by atoms with E-state index < -0.39 is 0 Å². The third-order valence-corrected chi connectivity index (χ3v) is 3.20. The standard InChI is InChI=1S/C13H13N/c1-9-5-11(6-12-7-13(9)12)10-3-2-4-14-8-10/h2-6,8,12-13H,7H2,1H3. The minimum absolute atomic E-state index is 0.815. The molecule has 14 heavy (non-hydrogen) atoms. The van der Waals surface area contributed by atoms with Crippen molar-refractivity contribution in [1.29, 1.82) is 0 Å². The average Bonchev–Trinajstić information content (AvgIpc) is 2.99. The molecule has 3 rings (SSSR count). The summed E-state index contributed by atoms with van der Waals surface area (Å²) in [5.74, 6) is 1.67. The Balaban J connectivity index is 2.01. The van der Waals surface area contributed by atoms with Gasteiger partial charge in [-0.1, -0.05) is 23.8 Å². The molecule has 1 nitrogen and oxygen atoms in total.